The molecule has 0 spiro atoms. The molecular formula is C20H32N4O8. The lowest BCUT2D eigenvalue weighted by molar-refractivity contribution is -0.159. The predicted molar refractivity (Wildman–Crippen MR) is 116 cm³/mol. The molecule has 32 heavy (non-hydrogen) atoms. The average Bonchev–Trinajstić information content (AvgIpc) is 2.75. The van der Waals surface area contributed by atoms with Crippen LogP contribution in [0.5, 0.6) is 0 Å². The first-order valence-corrected chi connectivity index (χ1v) is 10.2. The van der Waals surface area contributed by atoms with Crippen LogP contribution in [0.1, 0.15) is 44.9 Å². The number of unbranched alkanes of at least 4 members (excludes halogenated alkanes) is 3. The quantitative estimate of drug-likeness (QED) is 0.243. The van der Waals surface area contributed by atoms with Crippen molar-refractivity contribution in [3.63, 3.8) is 0 Å². The van der Waals surface area contributed by atoms with Crippen molar-refractivity contribution in [3.05, 3.63) is 18.3 Å². The molecule has 0 aliphatic carbocycles. The number of nitrogens with two attached hydrogens (primary N) is 1. The first-order valence-electron chi connectivity index (χ1n) is 10.2. The number of nitrogens with zero attached hydrogens (tertiary/aromatic N) is 2. The molecule has 1 aromatic rings. The lowest BCUT2D eigenvalue weighted by Gasteiger charge is -2.26. The van der Waals surface area contributed by atoms with Gasteiger partial charge in [0.15, 0.2) is 0 Å². The summed E-state index contributed by atoms with van der Waals surface area (Å²) in [5.74, 6) is -6.48. The van der Waals surface area contributed by atoms with Crippen LogP contribution in [0.4, 0.5) is 11.5 Å². The molecule has 2 rings (SSSR count). The number of nitrogen functional groups attached to an aromatic ring is 1. The van der Waals surface area contributed by atoms with Crippen LogP contribution >= 0.6 is 0 Å². The highest BCUT2D eigenvalue weighted by Crippen LogP contribution is 2.13. The minimum absolute atomic E-state index is 0.734. The van der Waals surface area contributed by atoms with Gasteiger partial charge in [-0.2, -0.15) is 0 Å². The number of carboxylic acids is 4. The second kappa shape index (κ2) is 17.3. The summed E-state index contributed by atoms with van der Waals surface area (Å²) in [4.78, 5) is 43.3. The van der Waals surface area contributed by atoms with E-state index in [1.165, 1.54) is 64.6 Å². The van der Waals surface area contributed by atoms with E-state index in [0.717, 1.165) is 18.1 Å². The number of nitrogens with one attached hydrogen (secondary N) is 1. The highest BCUT2D eigenvalue weighted by Gasteiger charge is 2.08. The van der Waals surface area contributed by atoms with Crippen LogP contribution in [0.25, 0.3) is 0 Å². The normalized spacial score (nSPS) is 12.9. The maximum atomic E-state index is 9.10. The summed E-state index contributed by atoms with van der Waals surface area (Å²) in [6, 6.07) is 3.75. The van der Waals surface area contributed by atoms with Gasteiger partial charge in [-0.05, 0) is 57.5 Å². The van der Waals surface area contributed by atoms with Gasteiger partial charge in [0.2, 0.25) is 0 Å². The van der Waals surface area contributed by atoms with E-state index in [-0.39, 0.29) is 0 Å². The molecule has 2 heterocycles. The smallest absolute Gasteiger partial charge is 0.414 e. The lowest BCUT2D eigenvalue weighted by Crippen LogP contribution is -2.30. The van der Waals surface area contributed by atoms with Crippen LogP contribution in [0.2, 0.25) is 0 Å². The highest BCUT2D eigenvalue weighted by atomic mass is 16.4. The SMILES string of the molecule is Nc1cccnc1NCCCCCCN1CCCCC1.O=C(O)C(=O)O.O=C(O)C(=O)O. The monoisotopic (exact) mass is 456 g/mol. The molecule has 0 bridgehead atoms. The van der Waals surface area contributed by atoms with Gasteiger partial charge in [0.25, 0.3) is 0 Å². The number of hydrogen-bond donors (Lipinski definition) is 6. The fourth-order valence-electron chi connectivity index (χ4n) is 2.77. The van der Waals surface area contributed by atoms with Crippen LogP contribution < -0.4 is 11.1 Å². The van der Waals surface area contributed by atoms with Crippen molar-refractivity contribution >= 4 is 35.4 Å². The van der Waals surface area contributed by atoms with E-state index >= 15 is 0 Å². The number of rotatable bonds is 8. The minimum atomic E-state index is -1.82. The summed E-state index contributed by atoms with van der Waals surface area (Å²) >= 11 is 0. The Labute approximate surface area is 186 Å². The zero-order valence-corrected chi connectivity index (χ0v) is 17.9. The number of aliphatic carboxylic acids is 4. The molecular weight excluding hydrogens is 424 g/mol. The van der Waals surface area contributed by atoms with Crippen LogP contribution in [-0.4, -0.2) is 80.4 Å². The molecule has 0 atom stereocenters. The molecule has 0 unspecified atom stereocenters. The first-order chi connectivity index (χ1) is 15.1. The molecule has 0 aromatic carbocycles. The van der Waals surface area contributed by atoms with E-state index in [1.54, 1.807) is 6.20 Å². The van der Waals surface area contributed by atoms with E-state index < -0.39 is 23.9 Å². The number of piperidine rings is 1. The molecule has 180 valence electrons. The number of hydrogen-bond acceptors (Lipinski definition) is 8. The molecule has 0 radical (unpaired) electrons. The Balaban J connectivity index is 0.000000662. The largest absolute Gasteiger partial charge is 0.473 e. The Kier molecular flexibility index (Phi) is 15.4. The van der Waals surface area contributed by atoms with Gasteiger partial charge in [-0.3, -0.25) is 0 Å². The second-order valence-electron chi connectivity index (χ2n) is 6.91. The van der Waals surface area contributed by atoms with E-state index in [9.17, 15) is 0 Å². The van der Waals surface area contributed by atoms with E-state index in [2.05, 4.69) is 15.2 Å². The number of anilines is 2. The molecule has 1 saturated heterocycles. The minimum Gasteiger partial charge on any atom is -0.473 e. The first kappa shape index (κ1) is 28.6. The molecule has 12 nitrogen and oxygen atoms in total. The summed E-state index contributed by atoms with van der Waals surface area (Å²) in [6.45, 7) is 4.90. The molecule has 7 N–H and O–H groups in total. The Hall–Kier alpha value is -3.41. The Morgan fingerprint density at radius 1 is 0.875 bits per heavy atom. The van der Waals surface area contributed by atoms with Crippen LogP contribution in [-0.2, 0) is 19.2 Å². The molecule has 0 saturated carbocycles. The number of carboxylic acid groups (broad SMARTS) is 4. The number of pyridine rings is 1. The van der Waals surface area contributed by atoms with Gasteiger partial charge in [0.05, 0.1) is 5.69 Å². The molecule has 1 aliphatic rings. The Morgan fingerprint density at radius 3 is 1.91 bits per heavy atom. The van der Waals surface area contributed by atoms with Gasteiger partial charge >= 0.3 is 23.9 Å². The third-order valence-electron chi connectivity index (χ3n) is 4.35. The Morgan fingerprint density at radius 2 is 1.41 bits per heavy atom. The second-order valence-corrected chi connectivity index (χ2v) is 6.91. The number of likely N-dealkylation sites (tertiary alicyclic amines) is 1. The van der Waals surface area contributed by atoms with Crippen LogP contribution in [0.3, 0.4) is 0 Å². The van der Waals surface area contributed by atoms with E-state index in [1.807, 2.05) is 12.1 Å². The third-order valence-corrected chi connectivity index (χ3v) is 4.35. The van der Waals surface area contributed by atoms with Gasteiger partial charge in [-0.15, -0.1) is 0 Å². The number of aromatic nitrogens is 1. The molecule has 0 amide bonds. The number of carbonyl (C=O) groups is 4. The van der Waals surface area contributed by atoms with Crippen molar-refractivity contribution in [1.82, 2.24) is 9.88 Å². The van der Waals surface area contributed by atoms with Crippen molar-refractivity contribution in [2.24, 2.45) is 0 Å². The van der Waals surface area contributed by atoms with Crippen molar-refractivity contribution < 1.29 is 39.6 Å². The lowest BCUT2D eigenvalue weighted by atomic mass is 10.1. The highest BCUT2D eigenvalue weighted by molar-refractivity contribution is 6.27. The standard InChI is InChI=1S/C16H28N4.2C2H2O4/c17-15-9-8-11-19-16(15)18-10-4-1-2-5-12-20-13-6-3-7-14-20;2*3-1(4)2(5)6/h8-9,11H,1-7,10,12-14,17H2,(H,18,19);2*(H,3,4)(H,5,6). The molecule has 1 aliphatic heterocycles. The fraction of sp³-hybridized carbons (Fsp3) is 0.550. The zero-order chi connectivity index (χ0) is 24.4. The van der Waals surface area contributed by atoms with Crippen molar-refractivity contribution in [3.8, 4) is 0 Å². The summed E-state index contributed by atoms with van der Waals surface area (Å²) in [5, 5.41) is 32.9. The fourth-order valence-corrected chi connectivity index (χ4v) is 2.77. The summed E-state index contributed by atoms with van der Waals surface area (Å²) in [6.07, 6.45) is 11.1. The maximum absolute atomic E-state index is 9.10. The summed E-state index contributed by atoms with van der Waals surface area (Å²) in [7, 11) is 0. The summed E-state index contributed by atoms with van der Waals surface area (Å²) < 4.78 is 0. The zero-order valence-electron chi connectivity index (χ0n) is 17.9. The maximum Gasteiger partial charge on any atom is 0.414 e. The molecule has 1 aromatic heterocycles. The van der Waals surface area contributed by atoms with Crippen LogP contribution in [0.15, 0.2) is 18.3 Å². The third kappa shape index (κ3) is 15.4. The van der Waals surface area contributed by atoms with Gasteiger partial charge in [0.1, 0.15) is 5.82 Å². The summed E-state index contributed by atoms with van der Waals surface area (Å²) in [5.41, 5.74) is 6.57. The van der Waals surface area contributed by atoms with E-state index in [0.29, 0.717) is 0 Å². The van der Waals surface area contributed by atoms with E-state index in [4.69, 9.17) is 45.3 Å². The molecule has 12 heteroatoms. The van der Waals surface area contributed by atoms with Gasteiger partial charge in [-0.25, -0.2) is 24.2 Å². The van der Waals surface area contributed by atoms with Gasteiger partial charge in [-0.1, -0.05) is 19.3 Å². The van der Waals surface area contributed by atoms with Gasteiger partial charge in [0, 0.05) is 12.7 Å². The van der Waals surface area contributed by atoms with Crippen molar-refractivity contribution in [2.75, 3.05) is 37.2 Å². The predicted octanol–water partition coefficient (Wildman–Crippen LogP) is 1.43. The van der Waals surface area contributed by atoms with Crippen molar-refractivity contribution in [1.29, 1.82) is 0 Å². The van der Waals surface area contributed by atoms with Crippen LogP contribution in [0, 0.1) is 0 Å². The topological polar surface area (TPSA) is 203 Å². The van der Waals surface area contributed by atoms with Crippen molar-refractivity contribution in [2.45, 2.75) is 44.9 Å². The van der Waals surface area contributed by atoms with Gasteiger partial charge < -0.3 is 36.4 Å². The Bertz CT molecular complexity index is 675. The molecule has 1 fully saturated rings. The average molecular weight is 456 g/mol.